The molecule has 0 aromatic heterocycles. The highest BCUT2D eigenvalue weighted by molar-refractivity contribution is 7.81. The third kappa shape index (κ3) is 25.5. The van der Waals surface area contributed by atoms with Crippen molar-refractivity contribution in [1.82, 2.24) is 26.6 Å². The Bertz CT molecular complexity index is 3920. The fourth-order valence-corrected chi connectivity index (χ4v) is 16.6. The molecule has 5 amide bonds. The third-order valence-electron chi connectivity index (χ3n) is 22.3. The molecule has 0 radical (unpaired) electrons. The van der Waals surface area contributed by atoms with Gasteiger partial charge in [-0.2, -0.15) is 16.8 Å². The minimum atomic E-state index is -5.66. The molecule has 130 heavy (non-hydrogen) atoms. The van der Waals surface area contributed by atoms with Crippen molar-refractivity contribution in [2.75, 3.05) is 66.1 Å². The van der Waals surface area contributed by atoms with E-state index in [1.54, 1.807) is 0 Å². The first-order chi connectivity index (χ1) is 60.9. The van der Waals surface area contributed by atoms with E-state index in [4.69, 9.17) is 80.5 Å². The molecule has 32 N–H and O–H groups in total. The Morgan fingerprint density at radius 3 is 0.977 bits per heavy atom. The molecule has 0 aliphatic carbocycles. The van der Waals surface area contributed by atoms with E-state index in [-0.39, 0.29) is 0 Å². The fourth-order valence-electron chi connectivity index (χ4n) is 16.0. The first-order valence-electron chi connectivity index (χ1n) is 39.7. The number of carbonyl (C=O) groups excluding carboxylic acids is 5. The summed E-state index contributed by atoms with van der Waals surface area (Å²) in [6, 6.07) is -10.1. The fraction of sp³-hybridized carbons (Fsp3) is 0.910. The molecule has 9 aliphatic rings. The number of hydrogen-bond donors (Lipinski definition) is 32. The zero-order valence-electron chi connectivity index (χ0n) is 68.5. The van der Waals surface area contributed by atoms with E-state index < -0.39 is 410 Å². The van der Waals surface area contributed by atoms with Gasteiger partial charge in [-0.3, -0.25) is 33.1 Å². The Labute approximate surface area is 733 Å². The van der Waals surface area contributed by atoms with Crippen LogP contribution in [0.15, 0.2) is 0 Å². The minimum absolute atomic E-state index is 0.783. The van der Waals surface area contributed by atoms with Gasteiger partial charge in [0.15, 0.2) is 50.3 Å². The van der Waals surface area contributed by atoms with Crippen molar-refractivity contribution in [2.24, 2.45) is 0 Å². The van der Waals surface area contributed by atoms with Gasteiger partial charge in [-0.15, -0.1) is 0 Å². The average Bonchev–Trinajstić information content (AvgIpc) is 0.756. The maximum Gasteiger partial charge on any atom is 0.397 e. The number of nitrogens with one attached hydrogen (secondary N) is 5. The molecule has 0 saturated carbocycles. The normalized spacial score (nSPS) is 44.5. The van der Waals surface area contributed by atoms with Crippen LogP contribution in [0.1, 0.15) is 34.1 Å². The van der Waals surface area contributed by atoms with Crippen molar-refractivity contribution >= 4 is 56.3 Å². The van der Waals surface area contributed by atoms with Crippen LogP contribution in [0, 0.1) is 0 Å². The van der Waals surface area contributed by atoms with Crippen LogP contribution in [0.3, 0.4) is 0 Å². The molecule has 752 valence electrons. The van der Waals surface area contributed by atoms with Gasteiger partial charge in [-0.1, -0.05) is 0 Å². The van der Waals surface area contributed by atoms with Crippen molar-refractivity contribution in [3.63, 3.8) is 0 Å². The number of carboxylic acid groups (broad SMARTS) is 1. The second kappa shape index (κ2) is 46.4. The summed E-state index contributed by atoms with van der Waals surface area (Å²) in [5, 5.41) is 290. The molecule has 0 spiro atoms. The number of carboxylic acids is 1. The summed E-state index contributed by atoms with van der Waals surface area (Å²) < 4.78 is 177. The highest BCUT2D eigenvalue weighted by atomic mass is 32.3. The number of rotatable bonds is 38. The molecule has 0 aromatic rings. The van der Waals surface area contributed by atoms with Gasteiger partial charge < -0.3 is 235 Å². The lowest BCUT2D eigenvalue weighted by molar-refractivity contribution is -0.392. The van der Waals surface area contributed by atoms with Crippen molar-refractivity contribution in [3.8, 4) is 0 Å². The maximum atomic E-state index is 13.3. The van der Waals surface area contributed by atoms with Gasteiger partial charge in [0.1, 0.15) is 220 Å². The number of aliphatic hydroxyl groups excluding tert-OH is 24. The molecule has 0 unspecified atom stereocenters. The molecule has 46 atom stereocenters. The first-order valence-corrected chi connectivity index (χ1v) is 42.5. The van der Waals surface area contributed by atoms with Gasteiger partial charge >= 0.3 is 26.8 Å². The third-order valence-corrected chi connectivity index (χ3v) is 23.1. The Balaban J connectivity index is 0.959. The summed E-state index contributed by atoms with van der Waals surface area (Å²) >= 11 is 0. The SMILES string of the molecule is CC(=O)N[C@@H]1[C@@H](O[C@@H]2O[C@H](CO)[C@H](O)[C@H](O[C@@H]3O[C@H](CO)[C@@H](O[C@@H]4O[C@H](CO)[C@H](O)[C@H](O[C@@H]5O[C@H](COS(=O)(=O)O)[C@@H](O[C@@H]6O[C@H](CO)[C@H](O)[C@H](O[C@@H]7O[C@H](COS(=O)(=O)O)[C@@H](O[C@@H]8O[C@H](CO)[C@H](O)[C@H](O[C@]9(C(=O)O)C[C@H](O)[C@@H](NC(=O)CO)[C@H]([C@H](O)[C@H](O)CO)O9)[C@H]8O)[C@H](O)[C@H]7NC(C)=O)[C@H]6O)[C@H](O)[C@H]5NC(C)=O)[C@H]4O)[C@H](O)[C@H]3NC(C)=O)[C@H]2O)[C@@H](O)[C@@H](CO)O[C@@H]1O. The summed E-state index contributed by atoms with van der Waals surface area (Å²) in [7, 11) is -11.3. The van der Waals surface area contributed by atoms with E-state index in [9.17, 15) is 182 Å². The molecule has 9 rings (SSSR count). The van der Waals surface area contributed by atoms with Crippen molar-refractivity contribution in [3.05, 3.63) is 0 Å². The van der Waals surface area contributed by atoms with Crippen LogP contribution in [-0.4, -0.2) is 537 Å². The largest absolute Gasteiger partial charge is 0.477 e. The quantitative estimate of drug-likeness (QED) is 0.0255. The van der Waals surface area contributed by atoms with Crippen LogP contribution >= 0.6 is 0 Å². The lowest BCUT2D eigenvalue weighted by atomic mass is 9.88. The molecular formula is C67H111N5O56S2. The Hall–Kier alpha value is -5.08. The molecule has 9 saturated heterocycles. The molecule has 0 bridgehead atoms. The summed E-state index contributed by atoms with van der Waals surface area (Å²) in [5.74, 6) is -11.1. The van der Waals surface area contributed by atoms with Crippen LogP contribution in [0.25, 0.3) is 0 Å². The van der Waals surface area contributed by atoms with Gasteiger partial charge in [0.2, 0.25) is 29.5 Å². The summed E-state index contributed by atoms with van der Waals surface area (Å²) in [5.41, 5.74) is 0. The van der Waals surface area contributed by atoms with Crippen LogP contribution in [0.4, 0.5) is 0 Å². The minimum Gasteiger partial charge on any atom is -0.477 e. The number of amides is 5. The molecule has 9 heterocycles. The summed E-state index contributed by atoms with van der Waals surface area (Å²) in [6.45, 7) is -9.43. The van der Waals surface area contributed by atoms with E-state index in [1.165, 1.54) is 0 Å². The lowest BCUT2D eigenvalue weighted by Gasteiger charge is -2.51. The Kier molecular flexibility index (Phi) is 38.7. The first kappa shape index (κ1) is 109. The van der Waals surface area contributed by atoms with Crippen LogP contribution in [0.2, 0.25) is 0 Å². The molecule has 0 aromatic carbocycles. The van der Waals surface area contributed by atoms with Gasteiger partial charge in [0.25, 0.3) is 5.79 Å². The number of carbonyl (C=O) groups is 6. The topological polar surface area (TPSA) is 952 Å². The predicted molar refractivity (Wildman–Crippen MR) is 394 cm³/mol. The molecule has 9 aliphatic heterocycles. The van der Waals surface area contributed by atoms with Crippen molar-refractivity contribution in [2.45, 2.75) is 316 Å². The van der Waals surface area contributed by atoms with Crippen LogP contribution in [0.5, 0.6) is 0 Å². The summed E-state index contributed by atoms with van der Waals surface area (Å²) in [4.78, 5) is 77.0. The standard InChI is InChI=1S/C67H111N5O56S2/c1-16(81)68-32-42(94)49(27(12-79)117-59(32)124-56-40(92)25(10-77)115-64(47(56)99)123-52-35(71-19(4)84)58(101)112-22(7-74)37(52)89)120-62-45(97)54(38(90)23(8-75)113-62)125-60-33(69-17(2)82)43(95)50(28(118-60)14-110-129(104,105)106)121-63-46(98)55(39(91)24(9-76)114-63)126-61-34(70-18(3)83)44(96)51(29(119-61)15-111-130(107,108)109)122-65-48(100)57(41(93)26(11-78)116-65)128-67(66(102)103)5-20(85)31(72-30(87)13-80)53(127-67)36(88)21(86)6-73/h20-29,31-65,73-80,85-86,88-101H,5-15H2,1-4H3,(H,68,81)(H,69,82)(H,70,83)(H,71,84)(H,72,87)(H,102,103)(H,104,105,106)(H,107,108,109)/t20-,21+,22+,23+,24+,25+,26+,27+,28+,29+,31+,32+,33+,34+,35+,36+,37-,38-,39-,40-,41-,42+,43+,44+,45+,46+,47+,48+,49+,50+,51+,52+,53+,54-,55-,56-,57-,58-,59-,60-,61-,62-,63-,64-,65-,67-/m0/s1. The van der Waals surface area contributed by atoms with Gasteiger partial charge in [-0.25, -0.2) is 13.2 Å². The maximum absolute atomic E-state index is 13.3. The van der Waals surface area contributed by atoms with Gasteiger partial charge in [0, 0.05) is 34.1 Å². The zero-order valence-corrected chi connectivity index (χ0v) is 70.1. The predicted octanol–water partition coefficient (Wildman–Crippen LogP) is -22.1. The second-order valence-corrected chi connectivity index (χ2v) is 33.6. The number of hydrogen-bond acceptors (Lipinski definition) is 53. The number of aliphatic hydroxyl groups is 24. The Morgan fingerprint density at radius 2 is 0.654 bits per heavy atom. The van der Waals surface area contributed by atoms with E-state index in [2.05, 4.69) is 29.6 Å². The van der Waals surface area contributed by atoms with E-state index >= 15 is 0 Å². The van der Waals surface area contributed by atoms with Crippen molar-refractivity contribution in [1.29, 1.82) is 0 Å². The molecule has 61 nitrogen and oxygen atoms in total. The Morgan fingerprint density at radius 1 is 0.362 bits per heavy atom. The summed E-state index contributed by atoms with van der Waals surface area (Å²) in [6.07, 6.45) is -93.1. The van der Waals surface area contributed by atoms with E-state index in [1.807, 2.05) is 5.32 Å². The number of ether oxygens (including phenoxy) is 17. The highest BCUT2D eigenvalue weighted by Crippen LogP contribution is 2.43. The molecule has 9 fully saturated rings. The van der Waals surface area contributed by atoms with Crippen LogP contribution < -0.4 is 26.6 Å². The second-order valence-electron chi connectivity index (χ2n) is 31.4. The van der Waals surface area contributed by atoms with E-state index in [0.717, 1.165) is 27.7 Å². The lowest BCUT2D eigenvalue weighted by Crippen LogP contribution is -2.71. The van der Waals surface area contributed by atoms with Crippen LogP contribution in [-0.2, 0) is 138 Å². The number of aliphatic carboxylic acids is 1. The van der Waals surface area contributed by atoms with E-state index in [0.29, 0.717) is 0 Å². The monoisotopic (exact) mass is 1950 g/mol. The smallest absolute Gasteiger partial charge is 0.397 e. The molecular weight excluding hydrogens is 1830 g/mol. The van der Waals surface area contributed by atoms with Crippen molar-refractivity contribution < 1.29 is 271 Å². The zero-order chi connectivity index (χ0) is 96.7. The average molecular weight is 1950 g/mol. The van der Waals surface area contributed by atoms with Gasteiger partial charge in [-0.05, 0) is 0 Å². The van der Waals surface area contributed by atoms with Gasteiger partial charge in [0.05, 0.1) is 71.6 Å². The highest BCUT2D eigenvalue weighted by Gasteiger charge is 2.64. The molecule has 63 heteroatoms.